The van der Waals surface area contributed by atoms with Crippen molar-refractivity contribution in [3.63, 3.8) is 0 Å². The normalized spacial score (nSPS) is 22.4. The molecule has 2 N–H and O–H groups in total. The van der Waals surface area contributed by atoms with Gasteiger partial charge in [-0.25, -0.2) is 5.84 Å². The van der Waals surface area contributed by atoms with Crippen molar-refractivity contribution in [2.24, 2.45) is 5.84 Å². The van der Waals surface area contributed by atoms with Gasteiger partial charge in [0.25, 0.3) is 0 Å². The molecule has 1 amide bonds. The quantitative estimate of drug-likeness (QED) is 0.516. The van der Waals surface area contributed by atoms with Gasteiger partial charge in [-0.3, -0.25) is 9.80 Å². The summed E-state index contributed by atoms with van der Waals surface area (Å²) in [5, 5.41) is 1.34. The molecular weight excluding hydrogens is 164 g/mol. The number of hydrogen-bond donors (Lipinski definition) is 1. The van der Waals surface area contributed by atoms with Crippen LogP contribution < -0.4 is 5.84 Å². The minimum atomic E-state index is 0.0360. The van der Waals surface area contributed by atoms with E-state index >= 15 is 0 Å². The van der Waals surface area contributed by atoms with Crippen LogP contribution in [-0.2, 0) is 4.79 Å². The Bertz CT molecular complexity index is 310. The van der Waals surface area contributed by atoms with Gasteiger partial charge in [0.15, 0.2) is 0 Å². The maximum atomic E-state index is 11.2. The van der Waals surface area contributed by atoms with Crippen molar-refractivity contribution in [1.29, 1.82) is 0 Å². The first kappa shape index (κ1) is 8.26. The van der Waals surface area contributed by atoms with E-state index in [9.17, 15) is 4.79 Å². The number of hydrazine groups is 1. The van der Waals surface area contributed by atoms with E-state index in [0.29, 0.717) is 6.42 Å². The molecule has 1 fully saturated rings. The Hall–Kier alpha value is -1.35. The van der Waals surface area contributed by atoms with E-state index < -0.39 is 0 Å². The van der Waals surface area contributed by atoms with E-state index in [1.807, 2.05) is 30.3 Å². The summed E-state index contributed by atoms with van der Waals surface area (Å²) in [6, 6.07) is 9.97. The summed E-state index contributed by atoms with van der Waals surface area (Å²) >= 11 is 0. The van der Waals surface area contributed by atoms with E-state index in [4.69, 9.17) is 5.84 Å². The first-order valence-corrected chi connectivity index (χ1v) is 4.41. The van der Waals surface area contributed by atoms with E-state index in [1.54, 1.807) is 0 Å². The SMILES string of the molecule is NN1C(=O)CCC1c1ccccc1. The van der Waals surface area contributed by atoms with Crippen molar-refractivity contribution >= 4 is 5.91 Å². The predicted molar refractivity (Wildman–Crippen MR) is 49.5 cm³/mol. The molecule has 1 saturated heterocycles. The topological polar surface area (TPSA) is 46.3 Å². The largest absolute Gasteiger partial charge is 0.273 e. The van der Waals surface area contributed by atoms with Crippen molar-refractivity contribution < 1.29 is 4.79 Å². The number of rotatable bonds is 1. The highest BCUT2D eigenvalue weighted by atomic mass is 16.2. The van der Waals surface area contributed by atoms with Gasteiger partial charge >= 0.3 is 0 Å². The summed E-state index contributed by atoms with van der Waals surface area (Å²) in [5.41, 5.74) is 1.12. The van der Waals surface area contributed by atoms with Crippen LogP contribution in [-0.4, -0.2) is 10.9 Å². The zero-order chi connectivity index (χ0) is 9.26. The molecule has 68 valence electrons. The van der Waals surface area contributed by atoms with Gasteiger partial charge in [-0.1, -0.05) is 30.3 Å². The van der Waals surface area contributed by atoms with E-state index in [0.717, 1.165) is 12.0 Å². The lowest BCUT2D eigenvalue weighted by atomic mass is 10.1. The summed E-state index contributed by atoms with van der Waals surface area (Å²) in [6.07, 6.45) is 1.40. The second kappa shape index (κ2) is 3.18. The van der Waals surface area contributed by atoms with Crippen LogP contribution >= 0.6 is 0 Å². The van der Waals surface area contributed by atoms with Gasteiger partial charge in [0, 0.05) is 6.42 Å². The highest BCUT2D eigenvalue weighted by molar-refractivity contribution is 5.78. The van der Waals surface area contributed by atoms with Crippen LogP contribution in [0.25, 0.3) is 0 Å². The Morgan fingerprint density at radius 3 is 2.54 bits per heavy atom. The molecule has 1 aliphatic rings. The van der Waals surface area contributed by atoms with Gasteiger partial charge < -0.3 is 0 Å². The average Bonchev–Trinajstić information content (AvgIpc) is 2.49. The van der Waals surface area contributed by atoms with Crippen LogP contribution in [0, 0.1) is 0 Å². The van der Waals surface area contributed by atoms with Gasteiger partial charge in [-0.05, 0) is 12.0 Å². The predicted octanol–water partition coefficient (Wildman–Crippen LogP) is 1.22. The zero-order valence-corrected chi connectivity index (χ0v) is 7.31. The molecule has 1 aromatic rings. The maximum Gasteiger partial charge on any atom is 0.237 e. The number of benzene rings is 1. The molecule has 3 nitrogen and oxygen atoms in total. The van der Waals surface area contributed by atoms with Crippen LogP contribution in [0.15, 0.2) is 30.3 Å². The average molecular weight is 176 g/mol. The molecule has 0 aliphatic carbocycles. The number of nitrogens with two attached hydrogens (primary N) is 1. The van der Waals surface area contributed by atoms with Gasteiger partial charge in [0.2, 0.25) is 5.91 Å². The van der Waals surface area contributed by atoms with Gasteiger partial charge in [0.05, 0.1) is 6.04 Å². The molecule has 2 rings (SSSR count). The highest BCUT2D eigenvalue weighted by Crippen LogP contribution is 2.29. The van der Waals surface area contributed by atoms with Crippen LogP contribution in [0.4, 0.5) is 0 Å². The van der Waals surface area contributed by atoms with Crippen LogP contribution in [0.1, 0.15) is 24.4 Å². The minimum Gasteiger partial charge on any atom is -0.273 e. The summed E-state index contributed by atoms with van der Waals surface area (Å²) in [6.45, 7) is 0. The Balaban J connectivity index is 2.24. The molecule has 13 heavy (non-hydrogen) atoms. The van der Waals surface area contributed by atoms with Crippen molar-refractivity contribution in [3.8, 4) is 0 Å². The van der Waals surface area contributed by atoms with Gasteiger partial charge in [0.1, 0.15) is 0 Å². The standard InChI is InChI=1S/C10H12N2O/c11-12-9(6-7-10(12)13)8-4-2-1-3-5-8/h1-5,9H,6-7,11H2. The monoisotopic (exact) mass is 176 g/mol. The molecule has 0 bridgehead atoms. The molecule has 0 saturated carbocycles. The molecule has 1 aromatic carbocycles. The molecule has 3 heteroatoms. The number of carbonyl (C=O) groups excluding carboxylic acids is 1. The Kier molecular flexibility index (Phi) is 2.02. The van der Waals surface area contributed by atoms with E-state index in [2.05, 4.69) is 0 Å². The third-order valence-electron chi connectivity index (χ3n) is 2.44. The summed E-state index contributed by atoms with van der Waals surface area (Å²) in [4.78, 5) is 11.2. The Morgan fingerprint density at radius 2 is 2.00 bits per heavy atom. The first-order chi connectivity index (χ1) is 6.29. The second-order valence-electron chi connectivity index (χ2n) is 3.27. The molecule has 0 radical (unpaired) electrons. The Labute approximate surface area is 77.1 Å². The lowest BCUT2D eigenvalue weighted by molar-refractivity contribution is -0.129. The second-order valence-corrected chi connectivity index (χ2v) is 3.27. The van der Waals surface area contributed by atoms with E-state index in [-0.39, 0.29) is 11.9 Å². The van der Waals surface area contributed by atoms with Crippen LogP contribution in [0.3, 0.4) is 0 Å². The molecular formula is C10H12N2O. The lowest BCUT2D eigenvalue weighted by Gasteiger charge is -2.19. The number of carbonyl (C=O) groups is 1. The third-order valence-corrected chi connectivity index (χ3v) is 2.44. The lowest BCUT2D eigenvalue weighted by Crippen LogP contribution is -2.34. The highest BCUT2D eigenvalue weighted by Gasteiger charge is 2.29. The molecule has 1 heterocycles. The fourth-order valence-corrected chi connectivity index (χ4v) is 1.70. The summed E-state index contributed by atoms with van der Waals surface area (Å²) in [7, 11) is 0. The molecule has 1 atom stereocenters. The van der Waals surface area contributed by atoms with Crippen LogP contribution in [0.5, 0.6) is 0 Å². The summed E-state index contributed by atoms with van der Waals surface area (Å²) < 4.78 is 0. The van der Waals surface area contributed by atoms with Crippen molar-refractivity contribution in [2.45, 2.75) is 18.9 Å². The first-order valence-electron chi connectivity index (χ1n) is 4.41. The molecule has 0 spiro atoms. The van der Waals surface area contributed by atoms with E-state index in [1.165, 1.54) is 5.01 Å². The number of hydrogen-bond acceptors (Lipinski definition) is 2. The molecule has 0 aromatic heterocycles. The van der Waals surface area contributed by atoms with Gasteiger partial charge in [-0.15, -0.1) is 0 Å². The fourth-order valence-electron chi connectivity index (χ4n) is 1.70. The molecule has 1 unspecified atom stereocenters. The zero-order valence-electron chi connectivity index (χ0n) is 7.31. The van der Waals surface area contributed by atoms with Crippen molar-refractivity contribution in [3.05, 3.63) is 35.9 Å². The number of amides is 1. The molecule has 1 aliphatic heterocycles. The smallest absolute Gasteiger partial charge is 0.237 e. The Morgan fingerprint density at radius 1 is 1.31 bits per heavy atom. The maximum absolute atomic E-state index is 11.2. The fraction of sp³-hybridized carbons (Fsp3) is 0.300. The third kappa shape index (κ3) is 1.42. The van der Waals surface area contributed by atoms with Crippen molar-refractivity contribution in [1.82, 2.24) is 5.01 Å². The van der Waals surface area contributed by atoms with Crippen LogP contribution in [0.2, 0.25) is 0 Å². The summed E-state index contributed by atoms with van der Waals surface area (Å²) in [5.74, 6) is 5.67. The van der Waals surface area contributed by atoms with Gasteiger partial charge in [-0.2, -0.15) is 0 Å². The minimum absolute atomic E-state index is 0.0360. The number of nitrogens with zero attached hydrogens (tertiary/aromatic N) is 1. The van der Waals surface area contributed by atoms with Crippen molar-refractivity contribution in [2.75, 3.05) is 0 Å².